The number of nitrogens with zero attached hydrogens (tertiary/aromatic N) is 3. The Bertz CT molecular complexity index is 508. The topological polar surface area (TPSA) is 98.4 Å². The minimum atomic E-state index is -0.522. The zero-order valence-corrected chi connectivity index (χ0v) is 10.3. The molecule has 0 aliphatic carbocycles. The lowest BCUT2D eigenvalue weighted by atomic mass is 10.1. The number of carbonyl (C=O) groups excluding carboxylic acids is 2. The molecule has 96 valence electrons. The summed E-state index contributed by atoms with van der Waals surface area (Å²) in [5.74, 6) is -0.928. The molecule has 0 saturated carbocycles. The van der Waals surface area contributed by atoms with Gasteiger partial charge in [-0.2, -0.15) is 4.98 Å². The molecule has 2 rings (SSSR count). The summed E-state index contributed by atoms with van der Waals surface area (Å²) in [5, 5.41) is 0.159. The highest BCUT2D eigenvalue weighted by Crippen LogP contribution is 2.25. The molecule has 1 aromatic rings. The predicted octanol–water partition coefficient (Wildman–Crippen LogP) is -0.0232. The first-order valence-corrected chi connectivity index (χ1v) is 5.57. The van der Waals surface area contributed by atoms with Crippen LogP contribution >= 0.6 is 11.6 Å². The summed E-state index contributed by atoms with van der Waals surface area (Å²) < 4.78 is 4.94. The minimum Gasteiger partial charge on any atom is -0.481 e. The normalized spacial score (nSPS) is 19.1. The fourth-order valence-corrected chi connectivity index (χ4v) is 1.87. The highest BCUT2D eigenvalue weighted by Gasteiger charge is 2.35. The van der Waals surface area contributed by atoms with E-state index in [1.165, 1.54) is 18.1 Å². The number of ether oxygens (including phenoxy) is 1. The summed E-state index contributed by atoms with van der Waals surface area (Å²) in [7, 11) is 1.43. The molecular formula is C10H11ClN4O3. The lowest BCUT2D eigenvalue weighted by Crippen LogP contribution is -2.29. The first kappa shape index (κ1) is 12.6. The van der Waals surface area contributed by atoms with Gasteiger partial charge >= 0.3 is 0 Å². The Hall–Kier alpha value is -1.89. The summed E-state index contributed by atoms with van der Waals surface area (Å²) in [6.07, 6.45) is 0.0630. The number of carbonyl (C=O) groups is 2. The van der Waals surface area contributed by atoms with Gasteiger partial charge in [0.25, 0.3) is 0 Å². The van der Waals surface area contributed by atoms with E-state index in [9.17, 15) is 9.59 Å². The fraction of sp³-hybridized carbons (Fsp3) is 0.400. The second kappa shape index (κ2) is 4.77. The van der Waals surface area contributed by atoms with E-state index in [1.54, 1.807) is 0 Å². The molecule has 1 atom stereocenters. The number of anilines is 1. The van der Waals surface area contributed by atoms with E-state index >= 15 is 0 Å². The van der Waals surface area contributed by atoms with Crippen molar-refractivity contribution in [1.82, 2.24) is 9.97 Å². The Labute approximate surface area is 108 Å². The van der Waals surface area contributed by atoms with Crippen LogP contribution in [-0.2, 0) is 9.59 Å². The maximum Gasteiger partial charge on any atom is 0.236 e. The maximum absolute atomic E-state index is 11.8. The molecule has 0 bridgehead atoms. The first-order valence-electron chi connectivity index (χ1n) is 5.19. The Kier molecular flexibility index (Phi) is 3.33. The standard InChI is InChI=1S/C10H11ClN4O3/c1-18-7-3-6(11)13-10(14-7)15-4-5(9(12)17)2-8(15)16/h3,5H,2,4H2,1H3,(H2,12,17). The Morgan fingerprint density at radius 2 is 2.33 bits per heavy atom. The van der Waals surface area contributed by atoms with Crippen molar-refractivity contribution in [3.05, 3.63) is 11.2 Å². The number of nitrogens with two attached hydrogens (primary N) is 1. The van der Waals surface area contributed by atoms with Crippen molar-refractivity contribution in [2.75, 3.05) is 18.6 Å². The third-order valence-electron chi connectivity index (χ3n) is 2.64. The van der Waals surface area contributed by atoms with Gasteiger partial charge < -0.3 is 10.5 Å². The summed E-state index contributed by atoms with van der Waals surface area (Å²) >= 11 is 5.79. The van der Waals surface area contributed by atoms with E-state index in [0.717, 1.165) is 0 Å². The molecule has 1 fully saturated rings. The van der Waals surface area contributed by atoms with Gasteiger partial charge in [-0.25, -0.2) is 4.98 Å². The lowest BCUT2D eigenvalue weighted by Gasteiger charge is -2.14. The molecule has 2 amide bonds. The molecule has 2 heterocycles. The second-order valence-electron chi connectivity index (χ2n) is 3.84. The maximum atomic E-state index is 11.8. The molecule has 8 heteroatoms. The number of primary amides is 1. The molecule has 7 nitrogen and oxygen atoms in total. The molecule has 1 unspecified atom stereocenters. The van der Waals surface area contributed by atoms with Crippen molar-refractivity contribution in [2.45, 2.75) is 6.42 Å². The zero-order chi connectivity index (χ0) is 13.3. The van der Waals surface area contributed by atoms with E-state index in [4.69, 9.17) is 22.1 Å². The average Bonchev–Trinajstić information content (AvgIpc) is 2.70. The third kappa shape index (κ3) is 2.35. The smallest absolute Gasteiger partial charge is 0.236 e. The van der Waals surface area contributed by atoms with Gasteiger partial charge in [0.2, 0.25) is 23.6 Å². The highest BCUT2D eigenvalue weighted by molar-refractivity contribution is 6.29. The van der Waals surface area contributed by atoms with Crippen LogP contribution in [0.1, 0.15) is 6.42 Å². The van der Waals surface area contributed by atoms with Crippen molar-refractivity contribution in [1.29, 1.82) is 0 Å². The van der Waals surface area contributed by atoms with E-state index in [1.807, 2.05) is 0 Å². The number of hydrogen-bond acceptors (Lipinski definition) is 5. The van der Waals surface area contributed by atoms with Crippen molar-refractivity contribution in [3.8, 4) is 5.88 Å². The Balaban J connectivity index is 2.29. The average molecular weight is 271 g/mol. The quantitative estimate of drug-likeness (QED) is 0.778. The van der Waals surface area contributed by atoms with Crippen LogP contribution in [0.15, 0.2) is 6.07 Å². The number of aromatic nitrogens is 2. The van der Waals surface area contributed by atoms with E-state index in [-0.39, 0.29) is 35.9 Å². The monoisotopic (exact) mass is 270 g/mol. The molecule has 1 aliphatic rings. The molecule has 1 aliphatic heterocycles. The van der Waals surface area contributed by atoms with Gasteiger partial charge in [-0.3, -0.25) is 14.5 Å². The van der Waals surface area contributed by atoms with Crippen molar-refractivity contribution in [2.24, 2.45) is 11.7 Å². The Morgan fingerprint density at radius 3 is 2.89 bits per heavy atom. The summed E-state index contributed by atoms with van der Waals surface area (Å²) in [5.41, 5.74) is 5.18. The predicted molar refractivity (Wildman–Crippen MR) is 63.2 cm³/mol. The number of hydrogen-bond donors (Lipinski definition) is 1. The number of methoxy groups -OCH3 is 1. The van der Waals surface area contributed by atoms with Gasteiger partial charge in [-0.15, -0.1) is 0 Å². The van der Waals surface area contributed by atoms with Gasteiger partial charge in [0.05, 0.1) is 13.0 Å². The molecule has 2 N–H and O–H groups in total. The van der Waals surface area contributed by atoms with E-state index in [0.29, 0.717) is 0 Å². The van der Waals surface area contributed by atoms with Gasteiger partial charge in [0, 0.05) is 19.0 Å². The first-order chi connectivity index (χ1) is 8.51. The van der Waals surface area contributed by atoms with Crippen molar-refractivity contribution in [3.63, 3.8) is 0 Å². The third-order valence-corrected chi connectivity index (χ3v) is 2.83. The summed E-state index contributed by atoms with van der Waals surface area (Å²) in [6, 6.07) is 1.43. The number of amides is 2. The van der Waals surface area contributed by atoms with Crippen LogP contribution < -0.4 is 15.4 Å². The van der Waals surface area contributed by atoms with Crippen LogP contribution in [-0.4, -0.2) is 35.4 Å². The molecule has 0 aromatic carbocycles. The zero-order valence-electron chi connectivity index (χ0n) is 9.59. The van der Waals surface area contributed by atoms with E-state index in [2.05, 4.69) is 9.97 Å². The molecule has 0 radical (unpaired) electrons. The molecule has 1 saturated heterocycles. The second-order valence-corrected chi connectivity index (χ2v) is 4.23. The molecular weight excluding hydrogens is 260 g/mol. The van der Waals surface area contributed by atoms with Crippen molar-refractivity contribution >= 4 is 29.4 Å². The van der Waals surface area contributed by atoms with E-state index < -0.39 is 11.8 Å². The Morgan fingerprint density at radius 1 is 1.61 bits per heavy atom. The fourth-order valence-electron chi connectivity index (χ4n) is 1.70. The van der Waals surface area contributed by atoms with Crippen LogP contribution in [0.5, 0.6) is 5.88 Å². The number of rotatable bonds is 3. The SMILES string of the molecule is COc1cc(Cl)nc(N2CC(C(N)=O)CC2=O)n1. The van der Waals surface area contributed by atoms with Crippen LogP contribution in [0.2, 0.25) is 5.15 Å². The lowest BCUT2D eigenvalue weighted by molar-refractivity contribution is -0.123. The van der Waals surface area contributed by atoms with Gasteiger partial charge in [-0.05, 0) is 0 Å². The summed E-state index contributed by atoms with van der Waals surface area (Å²) in [4.78, 5) is 32.1. The summed E-state index contributed by atoms with van der Waals surface area (Å²) in [6.45, 7) is 0.164. The number of halogens is 1. The van der Waals surface area contributed by atoms with Gasteiger partial charge in [0.15, 0.2) is 0 Å². The highest BCUT2D eigenvalue weighted by atomic mass is 35.5. The van der Waals surface area contributed by atoms with Crippen LogP contribution in [0, 0.1) is 5.92 Å². The van der Waals surface area contributed by atoms with Crippen LogP contribution in [0.25, 0.3) is 0 Å². The minimum absolute atomic E-state index is 0.0630. The molecule has 1 aromatic heterocycles. The van der Waals surface area contributed by atoms with Gasteiger partial charge in [-0.1, -0.05) is 11.6 Å². The molecule has 18 heavy (non-hydrogen) atoms. The van der Waals surface area contributed by atoms with Gasteiger partial charge in [0.1, 0.15) is 5.15 Å². The van der Waals surface area contributed by atoms with Crippen LogP contribution in [0.4, 0.5) is 5.95 Å². The molecule has 0 spiro atoms. The van der Waals surface area contributed by atoms with Crippen molar-refractivity contribution < 1.29 is 14.3 Å². The van der Waals surface area contributed by atoms with Crippen LogP contribution in [0.3, 0.4) is 0 Å². The largest absolute Gasteiger partial charge is 0.481 e.